The molecular formula is C20H23N3O2. The monoisotopic (exact) mass is 337 g/mol. The van der Waals surface area contributed by atoms with Crippen molar-refractivity contribution in [2.75, 3.05) is 0 Å². The smallest absolute Gasteiger partial charge is 0.332 e. The average molecular weight is 337 g/mol. The van der Waals surface area contributed by atoms with Gasteiger partial charge in [0.25, 0.3) is 0 Å². The van der Waals surface area contributed by atoms with Gasteiger partial charge in [0.1, 0.15) is 11.5 Å². The minimum Gasteiger partial charge on any atom is -0.457 e. The maximum Gasteiger partial charge on any atom is 0.332 e. The molecule has 0 spiro atoms. The highest BCUT2D eigenvalue weighted by molar-refractivity contribution is 5.76. The molecule has 5 heteroatoms. The number of nitrogens with zero attached hydrogens (tertiary/aromatic N) is 1. The summed E-state index contributed by atoms with van der Waals surface area (Å²) in [6.07, 6.45) is 5.45. The number of ether oxygens (including phenoxy) is 1. The zero-order valence-corrected chi connectivity index (χ0v) is 14.2. The van der Waals surface area contributed by atoms with Gasteiger partial charge in [0, 0.05) is 17.2 Å². The Kier molecular flexibility index (Phi) is 4.32. The maximum absolute atomic E-state index is 12.8. The summed E-state index contributed by atoms with van der Waals surface area (Å²) in [5, 5.41) is 4.50. The molecule has 5 nitrogen and oxygen atoms in total. The minimum atomic E-state index is -0.261. The fourth-order valence-corrected chi connectivity index (χ4v) is 3.79. The number of urea groups is 1. The predicted molar refractivity (Wildman–Crippen MR) is 96.2 cm³/mol. The highest BCUT2D eigenvalue weighted by Crippen LogP contribution is 2.42. The van der Waals surface area contributed by atoms with Crippen molar-refractivity contribution in [3.8, 4) is 11.5 Å². The van der Waals surface area contributed by atoms with Gasteiger partial charge in [-0.1, -0.05) is 55.7 Å². The van der Waals surface area contributed by atoms with Crippen molar-refractivity contribution in [3.05, 3.63) is 59.7 Å². The van der Waals surface area contributed by atoms with Gasteiger partial charge in [0.05, 0.1) is 6.04 Å². The van der Waals surface area contributed by atoms with E-state index in [2.05, 4.69) is 5.32 Å². The van der Waals surface area contributed by atoms with Crippen LogP contribution >= 0.6 is 0 Å². The first-order valence-corrected chi connectivity index (χ1v) is 8.94. The molecule has 1 fully saturated rings. The van der Waals surface area contributed by atoms with E-state index in [0.717, 1.165) is 48.3 Å². The zero-order valence-electron chi connectivity index (χ0n) is 14.2. The van der Waals surface area contributed by atoms with Crippen molar-refractivity contribution < 1.29 is 9.53 Å². The molecule has 25 heavy (non-hydrogen) atoms. The average Bonchev–Trinajstić information content (AvgIpc) is 2.67. The van der Waals surface area contributed by atoms with Gasteiger partial charge in [-0.3, -0.25) is 5.01 Å². The Morgan fingerprint density at radius 2 is 1.52 bits per heavy atom. The highest BCUT2D eigenvalue weighted by atomic mass is 16.5. The lowest BCUT2D eigenvalue weighted by atomic mass is 9.94. The summed E-state index contributed by atoms with van der Waals surface area (Å²) in [6.45, 7) is 0. The molecule has 0 radical (unpaired) electrons. The molecule has 4 rings (SSSR count). The molecule has 3 N–H and O–H groups in total. The van der Waals surface area contributed by atoms with E-state index >= 15 is 0 Å². The van der Waals surface area contributed by atoms with Gasteiger partial charge >= 0.3 is 6.03 Å². The second-order valence-corrected chi connectivity index (χ2v) is 6.76. The lowest BCUT2D eigenvalue weighted by Gasteiger charge is -2.34. The van der Waals surface area contributed by atoms with Crippen molar-refractivity contribution in [1.29, 1.82) is 0 Å². The first kappa shape index (κ1) is 16.0. The lowest BCUT2D eigenvalue weighted by molar-refractivity contribution is 0.154. The third-order valence-corrected chi connectivity index (χ3v) is 5.15. The molecule has 0 bridgehead atoms. The van der Waals surface area contributed by atoms with Crippen LogP contribution in [0, 0.1) is 0 Å². The van der Waals surface area contributed by atoms with Crippen LogP contribution in [0.2, 0.25) is 0 Å². The number of carbonyl (C=O) groups is 1. The highest BCUT2D eigenvalue weighted by Gasteiger charge is 2.30. The van der Waals surface area contributed by atoms with E-state index in [9.17, 15) is 4.79 Å². The molecule has 1 saturated carbocycles. The van der Waals surface area contributed by atoms with Gasteiger partial charge in [0.15, 0.2) is 0 Å². The third-order valence-electron chi connectivity index (χ3n) is 5.15. The topological polar surface area (TPSA) is 67.6 Å². The molecule has 0 aromatic heterocycles. The molecule has 130 valence electrons. The quantitative estimate of drug-likeness (QED) is 0.492. The van der Waals surface area contributed by atoms with Crippen LogP contribution in [0.15, 0.2) is 48.5 Å². The van der Waals surface area contributed by atoms with Gasteiger partial charge in [-0.05, 0) is 25.0 Å². The van der Waals surface area contributed by atoms with E-state index in [4.69, 9.17) is 10.6 Å². The molecule has 0 atom stereocenters. The van der Waals surface area contributed by atoms with Crippen LogP contribution in [0.25, 0.3) is 0 Å². The summed E-state index contributed by atoms with van der Waals surface area (Å²) in [6, 6.07) is 15.2. The minimum absolute atomic E-state index is 0.124. The van der Waals surface area contributed by atoms with E-state index in [-0.39, 0.29) is 18.1 Å². The number of benzene rings is 2. The molecule has 1 aliphatic carbocycles. The second-order valence-electron chi connectivity index (χ2n) is 6.76. The number of hydrazine groups is 1. The molecule has 1 aliphatic heterocycles. The fourth-order valence-electron chi connectivity index (χ4n) is 3.79. The van der Waals surface area contributed by atoms with Crippen LogP contribution < -0.4 is 15.9 Å². The Balaban J connectivity index is 1.60. The summed E-state index contributed by atoms with van der Waals surface area (Å²) < 4.78 is 5.97. The number of para-hydroxylation sites is 2. The molecule has 2 amide bonds. The van der Waals surface area contributed by atoms with E-state index in [1.54, 1.807) is 0 Å². The Morgan fingerprint density at radius 1 is 0.960 bits per heavy atom. The molecule has 1 heterocycles. The van der Waals surface area contributed by atoms with E-state index in [0.29, 0.717) is 0 Å². The SMILES string of the molecule is NN(C(=O)NC1c2ccccc2Oc2ccccc21)C1CCCCC1. The number of hydrogen-bond donors (Lipinski definition) is 2. The predicted octanol–water partition coefficient (Wildman–Crippen LogP) is 4.10. The van der Waals surface area contributed by atoms with E-state index in [1.807, 2.05) is 48.5 Å². The first-order valence-electron chi connectivity index (χ1n) is 8.94. The number of hydrogen-bond acceptors (Lipinski definition) is 3. The van der Waals surface area contributed by atoms with Crippen molar-refractivity contribution in [2.24, 2.45) is 5.84 Å². The normalized spacial score (nSPS) is 17.2. The van der Waals surface area contributed by atoms with Gasteiger partial charge in [-0.2, -0.15) is 0 Å². The van der Waals surface area contributed by atoms with Crippen molar-refractivity contribution >= 4 is 6.03 Å². The van der Waals surface area contributed by atoms with Crippen LogP contribution in [0.4, 0.5) is 4.79 Å². The molecule has 2 aromatic carbocycles. The number of fused-ring (bicyclic) bond motifs is 2. The lowest BCUT2D eigenvalue weighted by Crippen LogP contribution is -2.52. The number of rotatable bonds is 2. The summed E-state index contributed by atoms with van der Waals surface area (Å²) in [7, 11) is 0. The first-order chi connectivity index (χ1) is 12.2. The van der Waals surface area contributed by atoms with E-state index < -0.39 is 0 Å². The molecule has 0 saturated heterocycles. The molecule has 2 aliphatic rings. The summed E-state index contributed by atoms with van der Waals surface area (Å²) in [4.78, 5) is 12.8. The van der Waals surface area contributed by atoms with Gasteiger partial charge in [-0.15, -0.1) is 0 Å². The van der Waals surface area contributed by atoms with Crippen LogP contribution in [-0.2, 0) is 0 Å². The number of nitrogens with one attached hydrogen (secondary N) is 1. The third kappa shape index (κ3) is 3.07. The zero-order chi connectivity index (χ0) is 17.2. The summed E-state index contributed by atoms with van der Waals surface area (Å²) >= 11 is 0. The number of carbonyl (C=O) groups excluding carboxylic acids is 1. The largest absolute Gasteiger partial charge is 0.457 e. The summed E-state index contributed by atoms with van der Waals surface area (Å²) in [5.41, 5.74) is 1.90. The standard InChI is InChI=1S/C20H23N3O2/c21-23(14-8-2-1-3-9-14)20(24)22-19-15-10-4-6-12-17(15)25-18-13-7-5-11-16(18)19/h4-7,10-14,19H,1-3,8-9,21H2,(H,22,24). The van der Waals surface area contributed by atoms with Crippen molar-refractivity contribution in [3.63, 3.8) is 0 Å². The van der Waals surface area contributed by atoms with Crippen LogP contribution in [0.3, 0.4) is 0 Å². The van der Waals surface area contributed by atoms with Crippen LogP contribution in [0.5, 0.6) is 11.5 Å². The van der Waals surface area contributed by atoms with E-state index in [1.165, 1.54) is 11.4 Å². The summed E-state index contributed by atoms with van der Waals surface area (Å²) in [5.74, 6) is 7.68. The van der Waals surface area contributed by atoms with Crippen molar-refractivity contribution in [1.82, 2.24) is 10.3 Å². The Morgan fingerprint density at radius 3 is 2.12 bits per heavy atom. The van der Waals surface area contributed by atoms with Gasteiger partial charge in [-0.25, -0.2) is 10.6 Å². The number of amides is 2. The van der Waals surface area contributed by atoms with Crippen molar-refractivity contribution in [2.45, 2.75) is 44.2 Å². The molecule has 0 unspecified atom stereocenters. The van der Waals surface area contributed by atoms with Crippen LogP contribution in [0.1, 0.15) is 49.3 Å². The molecule has 2 aromatic rings. The Hall–Kier alpha value is -2.53. The number of nitrogens with two attached hydrogens (primary N) is 1. The Labute approximate surface area is 147 Å². The Bertz CT molecular complexity index is 726. The van der Waals surface area contributed by atoms with Crippen LogP contribution in [-0.4, -0.2) is 17.1 Å². The fraction of sp³-hybridized carbons (Fsp3) is 0.350. The maximum atomic E-state index is 12.8. The van der Waals surface area contributed by atoms with Gasteiger partial charge in [0.2, 0.25) is 0 Å². The molecular weight excluding hydrogens is 314 g/mol. The van der Waals surface area contributed by atoms with Gasteiger partial charge < -0.3 is 10.1 Å². The second kappa shape index (κ2) is 6.76.